The molecule has 0 aliphatic carbocycles. The average molecular weight is 535 g/mol. The molecule has 2 aromatic carbocycles. The second-order valence-corrected chi connectivity index (χ2v) is 11.2. The summed E-state index contributed by atoms with van der Waals surface area (Å²) in [6.45, 7) is 8.63. The van der Waals surface area contributed by atoms with Crippen LogP contribution >= 0.6 is 11.6 Å². The zero-order valence-corrected chi connectivity index (χ0v) is 22.1. The van der Waals surface area contributed by atoms with Gasteiger partial charge < -0.3 is 9.84 Å². The van der Waals surface area contributed by atoms with Crippen molar-refractivity contribution >= 4 is 27.7 Å². The fourth-order valence-electron chi connectivity index (χ4n) is 3.39. The van der Waals surface area contributed by atoms with E-state index in [-0.39, 0.29) is 33.4 Å². The van der Waals surface area contributed by atoms with E-state index in [1.807, 2.05) is 27.7 Å². The minimum absolute atomic E-state index is 0.0385. The highest BCUT2D eigenvalue weighted by atomic mass is 35.5. The summed E-state index contributed by atoms with van der Waals surface area (Å²) in [5.41, 5.74) is 0.343. The molecule has 1 aromatic heterocycles. The second kappa shape index (κ2) is 10.4. The maximum atomic E-state index is 12.7. The predicted octanol–water partition coefficient (Wildman–Crippen LogP) is 4.70. The van der Waals surface area contributed by atoms with Gasteiger partial charge in [0.05, 0.1) is 22.2 Å². The number of ether oxygens (including phenoxy) is 1. The van der Waals surface area contributed by atoms with Crippen molar-refractivity contribution in [3.8, 4) is 5.75 Å². The monoisotopic (exact) mass is 534 g/mol. The minimum atomic E-state index is -4.15. The molecule has 192 valence electrons. The maximum Gasteiger partial charge on any atom is 0.336 e. The summed E-state index contributed by atoms with van der Waals surface area (Å²) in [4.78, 5) is 24.3. The lowest BCUT2D eigenvalue weighted by Gasteiger charge is -2.21. The van der Waals surface area contributed by atoms with Gasteiger partial charge in [0, 0.05) is 0 Å². The van der Waals surface area contributed by atoms with Crippen LogP contribution in [-0.4, -0.2) is 29.3 Å². The van der Waals surface area contributed by atoms with Crippen molar-refractivity contribution in [3.05, 3.63) is 86.3 Å². The first-order valence-electron chi connectivity index (χ1n) is 11.0. The van der Waals surface area contributed by atoms with Gasteiger partial charge in [0.2, 0.25) is 0 Å². The Morgan fingerprint density at radius 2 is 1.81 bits per heavy atom. The van der Waals surface area contributed by atoms with E-state index in [9.17, 15) is 23.1 Å². The molecule has 3 rings (SSSR count). The molecule has 0 fully saturated rings. The lowest BCUT2D eigenvalue weighted by atomic mass is 10.0. The smallest absolute Gasteiger partial charge is 0.336 e. The molecule has 0 aliphatic heterocycles. The van der Waals surface area contributed by atoms with Crippen molar-refractivity contribution in [1.29, 1.82) is 0 Å². The number of aromatic carboxylic acids is 1. The molecule has 0 saturated heterocycles. The molecule has 11 heteroatoms. The van der Waals surface area contributed by atoms with Gasteiger partial charge in [-0.25, -0.2) is 9.48 Å². The highest BCUT2D eigenvalue weighted by Crippen LogP contribution is 2.28. The van der Waals surface area contributed by atoms with E-state index in [0.29, 0.717) is 5.56 Å². The number of rotatable bonds is 8. The second-order valence-electron chi connectivity index (χ2n) is 9.23. The summed E-state index contributed by atoms with van der Waals surface area (Å²) in [5.74, 6) is -1.17. The lowest BCUT2D eigenvalue weighted by molar-refractivity contribution is 0.0691. The number of halogens is 1. The van der Waals surface area contributed by atoms with Crippen LogP contribution in [0.3, 0.4) is 0 Å². The Bertz CT molecular complexity index is 1440. The minimum Gasteiger partial charge on any atom is -0.485 e. The van der Waals surface area contributed by atoms with Crippen LogP contribution in [0.4, 0.5) is 0 Å². The van der Waals surface area contributed by atoms with Crippen molar-refractivity contribution in [2.24, 2.45) is 0 Å². The number of nitrogens with zero attached hydrogens (tertiary/aromatic N) is 2. The van der Waals surface area contributed by atoms with Gasteiger partial charge in [0.15, 0.2) is 10.8 Å². The van der Waals surface area contributed by atoms with Crippen molar-refractivity contribution in [3.63, 3.8) is 0 Å². The van der Waals surface area contributed by atoms with Gasteiger partial charge in [-0.05, 0) is 70.0 Å². The van der Waals surface area contributed by atoms with E-state index < -0.39 is 33.3 Å². The first-order chi connectivity index (χ1) is 16.7. The number of aryl methyl sites for hydroxylation is 1. The Kier molecular flexibility index (Phi) is 7.92. The van der Waals surface area contributed by atoms with E-state index in [1.54, 1.807) is 12.1 Å². The summed E-state index contributed by atoms with van der Waals surface area (Å²) >= 11 is 6.20. The number of benzene rings is 2. The topological polar surface area (TPSA) is 125 Å². The van der Waals surface area contributed by atoms with E-state index in [1.165, 1.54) is 48.1 Å². The predicted molar refractivity (Wildman–Crippen MR) is 134 cm³/mol. The summed E-state index contributed by atoms with van der Waals surface area (Å²) < 4.78 is 37.7. The van der Waals surface area contributed by atoms with Gasteiger partial charge >= 0.3 is 5.97 Å². The van der Waals surface area contributed by atoms with Gasteiger partial charge in [-0.3, -0.25) is 8.98 Å². The molecule has 0 radical (unpaired) electrons. The molecule has 3 aromatic rings. The Morgan fingerprint density at radius 3 is 2.39 bits per heavy atom. The molecule has 0 bridgehead atoms. The maximum absolute atomic E-state index is 12.7. The molecule has 0 aliphatic rings. The van der Waals surface area contributed by atoms with Gasteiger partial charge in [0.25, 0.3) is 15.7 Å². The molecule has 1 N–H and O–H groups in total. The summed E-state index contributed by atoms with van der Waals surface area (Å²) in [5, 5.41) is 13.6. The van der Waals surface area contributed by atoms with Crippen molar-refractivity contribution in [2.45, 2.75) is 57.8 Å². The third-order valence-corrected chi connectivity index (χ3v) is 7.02. The Hall–Kier alpha value is -3.21. The highest BCUT2D eigenvalue weighted by Gasteiger charge is 2.25. The summed E-state index contributed by atoms with van der Waals surface area (Å²) in [6, 6.07) is 10.5. The first kappa shape index (κ1) is 27.4. The number of carboxylic acids is 1. The molecule has 1 unspecified atom stereocenters. The molecule has 0 saturated carbocycles. The number of hydrogen-bond acceptors (Lipinski definition) is 7. The van der Waals surface area contributed by atoms with Crippen LogP contribution in [0, 0.1) is 6.92 Å². The van der Waals surface area contributed by atoms with Gasteiger partial charge in [-0.2, -0.15) is 13.5 Å². The summed E-state index contributed by atoms with van der Waals surface area (Å²) in [7, 11) is -4.15. The van der Waals surface area contributed by atoms with E-state index in [0.717, 1.165) is 5.56 Å². The zero-order chi connectivity index (χ0) is 26.8. The molecule has 9 nitrogen and oxygen atoms in total. The standard InChI is InChI=1S/C25H27ClN2O7S/c1-15-6-9-18(10-7-15)36(32,33)35-16(2)20-12-17(8-11-19(20)24(30)31)14-34-21-13-27-28(25(3,4)5)23(29)22(21)26/h6-13,16H,14H2,1-5H3,(H,30,31). The van der Waals surface area contributed by atoms with Crippen LogP contribution in [0.2, 0.25) is 5.02 Å². The van der Waals surface area contributed by atoms with Gasteiger partial charge in [-0.1, -0.05) is 35.4 Å². The third kappa shape index (κ3) is 6.13. The molecular formula is C25H27ClN2O7S. The first-order valence-corrected chi connectivity index (χ1v) is 12.8. The molecule has 0 spiro atoms. The quantitative estimate of drug-likeness (QED) is 0.412. The highest BCUT2D eigenvalue weighted by molar-refractivity contribution is 7.86. The largest absolute Gasteiger partial charge is 0.485 e. The molecular weight excluding hydrogens is 508 g/mol. The zero-order valence-electron chi connectivity index (χ0n) is 20.5. The lowest BCUT2D eigenvalue weighted by Crippen LogP contribution is -2.36. The van der Waals surface area contributed by atoms with E-state index >= 15 is 0 Å². The number of hydrogen-bond donors (Lipinski definition) is 1. The van der Waals surface area contributed by atoms with E-state index in [2.05, 4.69) is 5.10 Å². The molecule has 36 heavy (non-hydrogen) atoms. The molecule has 1 atom stereocenters. The van der Waals surface area contributed by atoms with Crippen LogP contribution < -0.4 is 10.3 Å². The number of carboxylic acid groups (broad SMARTS) is 1. The molecule has 0 amide bonds. The molecule has 1 heterocycles. The van der Waals surface area contributed by atoms with Crippen LogP contribution in [0.25, 0.3) is 0 Å². The normalized spacial score (nSPS) is 12.8. The van der Waals surface area contributed by atoms with Gasteiger partial charge in [-0.15, -0.1) is 0 Å². The number of carbonyl (C=O) groups is 1. The summed E-state index contributed by atoms with van der Waals surface area (Å²) in [6.07, 6.45) is 0.227. The Labute approximate surface area is 214 Å². The van der Waals surface area contributed by atoms with Gasteiger partial charge in [0.1, 0.15) is 12.7 Å². The van der Waals surface area contributed by atoms with Crippen LogP contribution in [0.1, 0.15) is 60.8 Å². The van der Waals surface area contributed by atoms with Crippen LogP contribution in [0.5, 0.6) is 5.75 Å². The fraction of sp³-hybridized carbons (Fsp3) is 0.320. The van der Waals surface area contributed by atoms with Crippen molar-refractivity contribution in [1.82, 2.24) is 9.78 Å². The Morgan fingerprint density at radius 1 is 1.17 bits per heavy atom. The number of aromatic nitrogens is 2. The van der Waals surface area contributed by atoms with Crippen molar-refractivity contribution in [2.75, 3.05) is 0 Å². The van der Waals surface area contributed by atoms with Crippen LogP contribution in [0.15, 0.2) is 58.4 Å². The average Bonchev–Trinajstić information content (AvgIpc) is 2.79. The Balaban J connectivity index is 1.86. The third-order valence-electron chi connectivity index (χ3n) is 5.28. The van der Waals surface area contributed by atoms with Crippen LogP contribution in [-0.2, 0) is 26.4 Å². The van der Waals surface area contributed by atoms with E-state index in [4.69, 9.17) is 20.5 Å². The van der Waals surface area contributed by atoms with Crippen molar-refractivity contribution < 1.29 is 27.2 Å². The SMILES string of the molecule is Cc1ccc(S(=O)(=O)OC(C)c2cc(COc3cnn(C(C)(C)C)c(=O)c3Cl)ccc2C(=O)O)cc1. The fourth-order valence-corrected chi connectivity index (χ4v) is 4.64.